The molecule has 8 heteroatoms. The summed E-state index contributed by atoms with van der Waals surface area (Å²) in [5.74, 6) is -0.00218. The van der Waals surface area contributed by atoms with Gasteiger partial charge in [0.05, 0.1) is 6.10 Å². The third-order valence-electron chi connectivity index (χ3n) is 2.45. The Kier molecular flexibility index (Phi) is 3.48. The highest BCUT2D eigenvalue weighted by Gasteiger charge is 2.17. The van der Waals surface area contributed by atoms with Gasteiger partial charge in [-0.25, -0.2) is 9.97 Å². The molecule has 0 spiro atoms. The molecule has 0 aliphatic rings. The van der Waals surface area contributed by atoms with Gasteiger partial charge < -0.3 is 10.8 Å². The van der Waals surface area contributed by atoms with E-state index in [0.717, 1.165) is 0 Å². The Balaban J connectivity index is 2.77. The Hall–Kier alpha value is -1.67. The van der Waals surface area contributed by atoms with Gasteiger partial charge in [-0.15, -0.1) is 11.8 Å². The SMILES string of the molecule is CCC(O)c1nc2c(=O)[nH]c(N)nc2nc1SC. The molecule has 2 heterocycles. The summed E-state index contributed by atoms with van der Waals surface area (Å²) in [6.07, 6.45) is 1.56. The van der Waals surface area contributed by atoms with E-state index in [0.29, 0.717) is 17.1 Å². The van der Waals surface area contributed by atoms with Gasteiger partial charge in [-0.2, -0.15) is 4.98 Å². The molecular weight excluding hydrogens is 254 g/mol. The monoisotopic (exact) mass is 267 g/mol. The molecular formula is C10H13N5O2S. The van der Waals surface area contributed by atoms with Crippen LogP contribution in [-0.2, 0) is 0 Å². The molecule has 0 aliphatic heterocycles. The molecule has 1 unspecified atom stereocenters. The maximum absolute atomic E-state index is 11.7. The number of nitrogens with two attached hydrogens (primary N) is 1. The van der Waals surface area contributed by atoms with Crippen molar-refractivity contribution in [3.63, 3.8) is 0 Å². The molecule has 0 bridgehead atoms. The number of aromatic nitrogens is 4. The van der Waals surface area contributed by atoms with Gasteiger partial charge in [0, 0.05) is 0 Å². The van der Waals surface area contributed by atoms with Crippen LogP contribution < -0.4 is 11.3 Å². The maximum atomic E-state index is 11.7. The summed E-state index contributed by atoms with van der Waals surface area (Å²) >= 11 is 1.34. The summed E-state index contributed by atoms with van der Waals surface area (Å²) in [6, 6.07) is 0. The van der Waals surface area contributed by atoms with Crippen LogP contribution in [0.4, 0.5) is 5.95 Å². The highest BCUT2D eigenvalue weighted by atomic mass is 32.2. The summed E-state index contributed by atoms with van der Waals surface area (Å²) in [6.45, 7) is 1.83. The smallest absolute Gasteiger partial charge is 0.280 e. The summed E-state index contributed by atoms with van der Waals surface area (Å²) in [5, 5.41) is 10.4. The van der Waals surface area contributed by atoms with Crippen LogP contribution in [-0.4, -0.2) is 31.3 Å². The number of nitrogens with one attached hydrogen (secondary N) is 1. The second kappa shape index (κ2) is 4.91. The largest absolute Gasteiger partial charge is 0.387 e. The van der Waals surface area contributed by atoms with Crippen LogP contribution >= 0.6 is 11.8 Å². The quantitative estimate of drug-likeness (QED) is 0.691. The van der Waals surface area contributed by atoms with Crippen LogP contribution in [0.15, 0.2) is 9.82 Å². The first kappa shape index (κ1) is 12.8. The standard InChI is InChI=1S/C10H13N5O2S/c1-3-4(16)5-9(18-2)13-7-6(12-5)8(17)15-10(11)14-7/h4,16H,3H2,1-2H3,(H3,11,13,14,15,17). The predicted molar refractivity (Wildman–Crippen MR) is 69.4 cm³/mol. The molecule has 0 fully saturated rings. The molecule has 18 heavy (non-hydrogen) atoms. The lowest BCUT2D eigenvalue weighted by molar-refractivity contribution is 0.165. The Bertz CT molecular complexity index is 642. The highest BCUT2D eigenvalue weighted by Crippen LogP contribution is 2.25. The number of aliphatic hydroxyl groups is 1. The number of aliphatic hydroxyl groups excluding tert-OH is 1. The number of anilines is 1. The fourth-order valence-corrected chi connectivity index (χ4v) is 2.10. The van der Waals surface area contributed by atoms with Crippen molar-refractivity contribution in [1.29, 1.82) is 0 Å². The lowest BCUT2D eigenvalue weighted by atomic mass is 10.2. The zero-order valence-electron chi connectivity index (χ0n) is 9.97. The molecule has 4 N–H and O–H groups in total. The van der Waals surface area contributed by atoms with Gasteiger partial charge in [0.2, 0.25) is 5.95 Å². The van der Waals surface area contributed by atoms with Crippen LogP contribution in [0, 0.1) is 0 Å². The molecule has 0 saturated carbocycles. The van der Waals surface area contributed by atoms with E-state index >= 15 is 0 Å². The second-order valence-electron chi connectivity index (χ2n) is 3.67. The van der Waals surface area contributed by atoms with E-state index in [-0.39, 0.29) is 17.1 Å². The second-order valence-corrected chi connectivity index (χ2v) is 4.46. The third-order valence-corrected chi connectivity index (χ3v) is 3.14. The minimum absolute atomic E-state index is 0.00218. The minimum atomic E-state index is -0.749. The van der Waals surface area contributed by atoms with E-state index in [9.17, 15) is 9.90 Å². The van der Waals surface area contributed by atoms with E-state index < -0.39 is 11.7 Å². The molecule has 0 amide bonds. The summed E-state index contributed by atoms with van der Waals surface area (Å²) in [4.78, 5) is 26.4. The molecule has 2 rings (SSSR count). The zero-order chi connectivity index (χ0) is 13.3. The molecule has 0 saturated heterocycles. The fourth-order valence-electron chi connectivity index (χ4n) is 1.53. The van der Waals surface area contributed by atoms with Crippen LogP contribution in [0.3, 0.4) is 0 Å². The number of H-pyrrole nitrogens is 1. The number of nitrogen functional groups attached to an aromatic ring is 1. The first-order valence-electron chi connectivity index (χ1n) is 5.36. The number of hydrogen-bond donors (Lipinski definition) is 3. The predicted octanol–water partition coefficient (Wildman–Crippen LogP) is 0.461. The first-order chi connectivity index (χ1) is 8.56. The van der Waals surface area contributed by atoms with Gasteiger partial charge in [0.25, 0.3) is 5.56 Å². The van der Waals surface area contributed by atoms with E-state index in [1.54, 1.807) is 0 Å². The lowest BCUT2D eigenvalue weighted by Gasteiger charge is -2.11. The van der Waals surface area contributed by atoms with Crippen LogP contribution in [0.25, 0.3) is 11.2 Å². The first-order valence-corrected chi connectivity index (χ1v) is 6.58. The van der Waals surface area contributed by atoms with Crippen molar-refractivity contribution < 1.29 is 5.11 Å². The third kappa shape index (κ3) is 2.16. The van der Waals surface area contributed by atoms with E-state index in [2.05, 4.69) is 19.9 Å². The molecule has 7 nitrogen and oxygen atoms in total. The van der Waals surface area contributed by atoms with Crippen LogP contribution in [0.2, 0.25) is 0 Å². The topological polar surface area (TPSA) is 118 Å². The Morgan fingerprint density at radius 2 is 2.17 bits per heavy atom. The Morgan fingerprint density at radius 1 is 1.44 bits per heavy atom. The van der Waals surface area contributed by atoms with E-state index in [1.807, 2.05) is 13.2 Å². The van der Waals surface area contributed by atoms with Gasteiger partial charge in [-0.3, -0.25) is 9.78 Å². The number of thioether (sulfide) groups is 1. The van der Waals surface area contributed by atoms with Gasteiger partial charge in [-0.1, -0.05) is 6.92 Å². The van der Waals surface area contributed by atoms with Crippen molar-refractivity contribution >= 4 is 28.9 Å². The van der Waals surface area contributed by atoms with Crippen molar-refractivity contribution in [2.45, 2.75) is 24.5 Å². The van der Waals surface area contributed by atoms with Crippen molar-refractivity contribution in [3.05, 3.63) is 16.0 Å². The maximum Gasteiger partial charge on any atom is 0.280 e. The normalized spacial score (nSPS) is 12.8. The number of fused-ring (bicyclic) bond motifs is 1. The summed E-state index contributed by atoms with van der Waals surface area (Å²) in [7, 11) is 0. The van der Waals surface area contributed by atoms with Crippen molar-refractivity contribution in [2.75, 3.05) is 12.0 Å². The average molecular weight is 267 g/mol. The highest BCUT2D eigenvalue weighted by molar-refractivity contribution is 7.98. The van der Waals surface area contributed by atoms with Crippen LogP contribution in [0.1, 0.15) is 25.1 Å². The minimum Gasteiger partial charge on any atom is -0.387 e. The number of nitrogens with zero attached hydrogens (tertiary/aromatic N) is 3. The molecule has 0 aromatic carbocycles. The molecule has 2 aromatic rings. The average Bonchev–Trinajstić information content (AvgIpc) is 2.36. The van der Waals surface area contributed by atoms with E-state index in [4.69, 9.17) is 5.73 Å². The van der Waals surface area contributed by atoms with E-state index in [1.165, 1.54) is 11.8 Å². The van der Waals surface area contributed by atoms with Gasteiger partial charge in [-0.05, 0) is 12.7 Å². The molecule has 1 atom stereocenters. The van der Waals surface area contributed by atoms with Crippen molar-refractivity contribution in [2.24, 2.45) is 0 Å². The fraction of sp³-hybridized carbons (Fsp3) is 0.400. The van der Waals surface area contributed by atoms with Gasteiger partial charge in [0.1, 0.15) is 10.7 Å². The van der Waals surface area contributed by atoms with Crippen molar-refractivity contribution in [1.82, 2.24) is 19.9 Å². The lowest BCUT2D eigenvalue weighted by Crippen LogP contribution is -2.16. The number of aromatic amines is 1. The molecule has 2 aromatic heterocycles. The Labute approximate surface area is 107 Å². The molecule has 0 aliphatic carbocycles. The zero-order valence-corrected chi connectivity index (χ0v) is 10.8. The Morgan fingerprint density at radius 3 is 2.78 bits per heavy atom. The number of rotatable bonds is 3. The molecule has 96 valence electrons. The summed E-state index contributed by atoms with van der Waals surface area (Å²) in [5.41, 5.74) is 5.67. The molecule has 0 radical (unpaired) electrons. The number of hydrogen-bond acceptors (Lipinski definition) is 7. The van der Waals surface area contributed by atoms with Gasteiger partial charge in [0.15, 0.2) is 11.2 Å². The van der Waals surface area contributed by atoms with Crippen LogP contribution in [0.5, 0.6) is 0 Å². The van der Waals surface area contributed by atoms with Gasteiger partial charge >= 0.3 is 0 Å². The summed E-state index contributed by atoms with van der Waals surface area (Å²) < 4.78 is 0. The van der Waals surface area contributed by atoms with Crippen molar-refractivity contribution in [3.8, 4) is 0 Å².